The minimum absolute atomic E-state index is 0.0580. The molecule has 28 heavy (non-hydrogen) atoms. The molecule has 1 atom stereocenters. The molecule has 2 aromatic carbocycles. The number of carbonyl (C=O) groups excluding carboxylic acids is 1. The molecule has 0 radical (unpaired) electrons. The average molecular weight is 390 g/mol. The minimum Gasteiger partial charge on any atom is -0.488 e. The van der Waals surface area contributed by atoms with Crippen molar-refractivity contribution in [1.29, 1.82) is 0 Å². The summed E-state index contributed by atoms with van der Waals surface area (Å²) >= 11 is 1.67. The number of hydrogen-bond acceptors (Lipinski definition) is 4. The Hall–Kier alpha value is -2.90. The molecule has 0 saturated heterocycles. The zero-order chi connectivity index (χ0) is 19.9. The first kappa shape index (κ1) is 19.9. The summed E-state index contributed by atoms with van der Waals surface area (Å²) in [5, 5.41) is 1.02. The predicted octanol–water partition coefficient (Wildman–Crippen LogP) is 5.70. The molecule has 0 amide bonds. The van der Waals surface area contributed by atoms with Crippen LogP contribution >= 0.6 is 11.3 Å². The zero-order valence-electron chi connectivity index (χ0n) is 16.4. The highest BCUT2D eigenvalue weighted by Crippen LogP contribution is 2.29. The van der Waals surface area contributed by atoms with Crippen molar-refractivity contribution in [2.75, 3.05) is 0 Å². The molecular weight excluding hydrogens is 366 g/mol. The molecule has 4 heteroatoms. The van der Waals surface area contributed by atoms with Gasteiger partial charge in [0.2, 0.25) is 0 Å². The van der Waals surface area contributed by atoms with E-state index in [2.05, 4.69) is 43.0 Å². The van der Waals surface area contributed by atoms with E-state index in [9.17, 15) is 4.79 Å². The lowest BCUT2D eigenvalue weighted by Gasteiger charge is -2.10. The van der Waals surface area contributed by atoms with E-state index in [1.165, 1.54) is 5.56 Å². The molecule has 3 nitrogen and oxygen atoms in total. The van der Waals surface area contributed by atoms with Gasteiger partial charge in [0.1, 0.15) is 23.7 Å². The maximum atomic E-state index is 10.8. The van der Waals surface area contributed by atoms with Gasteiger partial charge in [0.25, 0.3) is 0 Å². The van der Waals surface area contributed by atoms with E-state index in [0.29, 0.717) is 13.0 Å². The Kier molecular flexibility index (Phi) is 6.62. The summed E-state index contributed by atoms with van der Waals surface area (Å²) < 4.78 is 5.96. The third-order valence-electron chi connectivity index (χ3n) is 4.49. The van der Waals surface area contributed by atoms with Crippen LogP contribution in [0.15, 0.2) is 48.5 Å². The monoisotopic (exact) mass is 389 g/mol. The first-order valence-corrected chi connectivity index (χ1v) is 10.0. The molecule has 142 valence electrons. The fourth-order valence-electron chi connectivity index (χ4n) is 2.88. The number of rotatable bonds is 7. The van der Waals surface area contributed by atoms with Crippen LogP contribution in [0.2, 0.25) is 0 Å². The van der Waals surface area contributed by atoms with Crippen molar-refractivity contribution in [3.63, 3.8) is 0 Å². The van der Waals surface area contributed by atoms with E-state index in [-0.39, 0.29) is 5.92 Å². The van der Waals surface area contributed by atoms with Crippen LogP contribution in [-0.2, 0) is 11.4 Å². The van der Waals surface area contributed by atoms with Crippen molar-refractivity contribution in [3.8, 4) is 28.2 Å². The summed E-state index contributed by atoms with van der Waals surface area (Å²) in [5.74, 6) is 6.71. The number of hydrogen-bond donors (Lipinski definition) is 0. The number of aryl methyl sites for hydroxylation is 2. The van der Waals surface area contributed by atoms with Gasteiger partial charge in [-0.2, -0.15) is 0 Å². The minimum atomic E-state index is -0.0580. The molecule has 0 aliphatic rings. The van der Waals surface area contributed by atoms with Gasteiger partial charge in [0, 0.05) is 12.0 Å². The van der Waals surface area contributed by atoms with Crippen LogP contribution in [0.5, 0.6) is 5.75 Å². The SMILES string of the molecule is CC#C[C@@H](CC=O)c1ccc(OCc2sc(-c3ccc(C)cc3)nc2C)cc1. The van der Waals surface area contributed by atoms with E-state index in [4.69, 9.17) is 9.72 Å². The molecule has 1 heterocycles. The highest BCUT2D eigenvalue weighted by molar-refractivity contribution is 7.15. The van der Waals surface area contributed by atoms with E-state index in [0.717, 1.165) is 38.7 Å². The molecule has 0 spiro atoms. The summed E-state index contributed by atoms with van der Waals surface area (Å²) in [5.41, 5.74) is 4.41. The van der Waals surface area contributed by atoms with Crippen molar-refractivity contribution in [2.24, 2.45) is 0 Å². The maximum Gasteiger partial charge on any atom is 0.124 e. The van der Waals surface area contributed by atoms with Crippen LogP contribution < -0.4 is 4.74 Å². The number of ether oxygens (including phenoxy) is 1. The third kappa shape index (κ3) is 4.88. The van der Waals surface area contributed by atoms with Gasteiger partial charge < -0.3 is 9.53 Å². The van der Waals surface area contributed by atoms with Gasteiger partial charge in [-0.3, -0.25) is 0 Å². The van der Waals surface area contributed by atoms with Crippen LogP contribution in [0, 0.1) is 25.7 Å². The number of nitrogens with zero attached hydrogens (tertiary/aromatic N) is 1. The van der Waals surface area contributed by atoms with Gasteiger partial charge in [-0.15, -0.1) is 17.3 Å². The van der Waals surface area contributed by atoms with E-state index >= 15 is 0 Å². The molecule has 0 unspecified atom stereocenters. The Morgan fingerprint density at radius 3 is 2.46 bits per heavy atom. The largest absolute Gasteiger partial charge is 0.488 e. The van der Waals surface area contributed by atoms with Crippen LogP contribution in [0.4, 0.5) is 0 Å². The van der Waals surface area contributed by atoms with Crippen molar-refractivity contribution in [2.45, 2.75) is 39.7 Å². The lowest BCUT2D eigenvalue weighted by atomic mass is 9.97. The van der Waals surface area contributed by atoms with Crippen molar-refractivity contribution in [3.05, 3.63) is 70.2 Å². The van der Waals surface area contributed by atoms with Crippen molar-refractivity contribution in [1.82, 2.24) is 4.98 Å². The Balaban J connectivity index is 1.68. The molecule has 0 saturated carbocycles. The second-order valence-corrected chi connectivity index (χ2v) is 7.68. The second-order valence-electron chi connectivity index (χ2n) is 6.60. The summed E-state index contributed by atoms with van der Waals surface area (Å²) in [7, 11) is 0. The number of aromatic nitrogens is 1. The van der Waals surface area contributed by atoms with Gasteiger partial charge in [-0.25, -0.2) is 4.98 Å². The predicted molar refractivity (Wildman–Crippen MR) is 115 cm³/mol. The average Bonchev–Trinajstić information content (AvgIpc) is 3.08. The van der Waals surface area contributed by atoms with Gasteiger partial charge in [0.05, 0.1) is 16.5 Å². The van der Waals surface area contributed by atoms with E-state index < -0.39 is 0 Å². The smallest absolute Gasteiger partial charge is 0.124 e. The Morgan fingerprint density at radius 2 is 1.82 bits per heavy atom. The zero-order valence-corrected chi connectivity index (χ0v) is 17.2. The van der Waals surface area contributed by atoms with Gasteiger partial charge in [0.15, 0.2) is 0 Å². The van der Waals surface area contributed by atoms with E-state index in [1.807, 2.05) is 31.2 Å². The summed E-state index contributed by atoms with van der Waals surface area (Å²) in [6.45, 7) is 6.37. The fraction of sp³-hybridized carbons (Fsp3) is 0.250. The number of carbonyl (C=O) groups is 1. The normalized spacial score (nSPS) is 11.4. The fourth-order valence-corrected chi connectivity index (χ4v) is 3.86. The second kappa shape index (κ2) is 9.34. The molecule has 3 aromatic rings. The Bertz CT molecular complexity index is 992. The lowest BCUT2D eigenvalue weighted by molar-refractivity contribution is -0.107. The third-order valence-corrected chi connectivity index (χ3v) is 5.67. The number of aldehydes is 1. The highest BCUT2D eigenvalue weighted by atomic mass is 32.1. The topological polar surface area (TPSA) is 39.2 Å². The van der Waals surface area contributed by atoms with Gasteiger partial charge in [-0.1, -0.05) is 47.9 Å². The summed E-state index contributed by atoms with van der Waals surface area (Å²) in [6, 6.07) is 16.2. The Morgan fingerprint density at radius 1 is 1.11 bits per heavy atom. The first-order valence-electron chi connectivity index (χ1n) is 9.22. The molecule has 0 bridgehead atoms. The van der Waals surface area contributed by atoms with Crippen LogP contribution in [0.3, 0.4) is 0 Å². The van der Waals surface area contributed by atoms with Crippen molar-refractivity contribution < 1.29 is 9.53 Å². The maximum absolute atomic E-state index is 10.8. The number of benzene rings is 2. The first-order chi connectivity index (χ1) is 13.6. The van der Waals surface area contributed by atoms with E-state index in [1.54, 1.807) is 18.3 Å². The quantitative estimate of drug-likeness (QED) is 0.384. The molecule has 0 aliphatic carbocycles. The van der Waals surface area contributed by atoms with Crippen LogP contribution in [0.25, 0.3) is 10.6 Å². The Labute approximate surface area is 170 Å². The number of thiazole rings is 1. The molecule has 3 rings (SSSR count). The summed E-state index contributed by atoms with van der Waals surface area (Å²) in [6.07, 6.45) is 1.32. The summed E-state index contributed by atoms with van der Waals surface area (Å²) in [4.78, 5) is 16.7. The lowest BCUT2D eigenvalue weighted by Crippen LogP contribution is -1.98. The molecule has 1 aromatic heterocycles. The molecular formula is C24H23NO2S. The standard InChI is InChI=1S/C24H23NO2S/c1-4-5-19(14-15-26)20-10-12-22(13-11-20)27-16-23-18(3)25-24(28-23)21-8-6-17(2)7-9-21/h6-13,15,19H,14,16H2,1-3H3/t19-/m0/s1. The molecule has 0 N–H and O–H groups in total. The van der Waals surface area contributed by atoms with Crippen LogP contribution in [-0.4, -0.2) is 11.3 Å². The van der Waals surface area contributed by atoms with Gasteiger partial charge >= 0.3 is 0 Å². The molecule has 0 fully saturated rings. The van der Waals surface area contributed by atoms with Crippen LogP contribution in [0.1, 0.15) is 41.0 Å². The van der Waals surface area contributed by atoms with Gasteiger partial charge in [-0.05, 0) is 38.5 Å². The van der Waals surface area contributed by atoms with Crippen molar-refractivity contribution >= 4 is 17.6 Å². The molecule has 0 aliphatic heterocycles. The highest BCUT2D eigenvalue weighted by Gasteiger charge is 2.11.